The van der Waals surface area contributed by atoms with E-state index in [1.165, 1.54) is 17.3 Å². The molecule has 2 aromatic carbocycles. The summed E-state index contributed by atoms with van der Waals surface area (Å²) in [7, 11) is -2.54. The normalized spacial score (nSPS) is 12.0. The highest BCUT2D eigenvalue weighted by molar-refractivity contribution is 6.99. The maximum absolute atomic E-state index is 10.6. The monoisotopic (exact) mass is 694 g/mol. The number of ether oxygens (including phenoxy) is 9. The molecular formula is C36H58O11Si. The Balaban J connectivity index is 1.37. The second kappa shape index (κ2) is 26.6. The van der Waals surface area contributed by atoms with Crippen molar-refractivity contribution in [2.75, 3.05) is 119 Å². The highest BCUT2D eigenvalue weighted by Gasteiger charge is 2.50. The molecule has 0 bridgehead atoms. The van der Waals surface area contributed by atoms with Gasteiger partial charge in [0.2, 0.25) is 0 Å². The number of esters is 1. The minimum Gasteiger partial charge on any atom is -0.463 e. The molecule has 0 aromatic heterocycles. The van der Waals surface area contributed by atoms with E-state index in [0.717, 1.165) is 0 Å². The van der Waals surface area contributed by atoms with Crippen LogP contribution in [-0.4, -0.2) is 133 Å². The van der Waals surface area contributed by atoms with Gasteiger partial charge in [0, 0.05) is 6.92 Å². The van der Waals surface area contributed by atoms with Gasteiger partial charge in [0.05, 0.1) is 112 Å². The van der Waals surface area contributed by atoms with E-state index in [1.54, 1.807) is 0 Å². The summed E-state index contributed by atoms with van der Waals surface area (Å²) in [6.07, 6.45) is 0. The molecule has 0 amide bonds. The topological polar surface area (TPSA) is 109 Å². The second-order valence-corrected chi connectivity index (χ2v) is 16.1. The predicted octanol–water partition coefficient (Wildman–Crippen LogP) is 3.26. The fraction of sp³-hybridized carbons (Fsp3) is 0.639. The Morgan fingerprint density at radius 2 is 0.729 bits per heavy atom. The van der Waals surface area contributed by atoms with Gasteiger partial charge in [0.25, 0.3) is 8.32 Å². The Kier molecular flexibility index (Phi) is 23.2. The van der Waals surface area contributed by atoms with Crippen LogP contribution in [0.15, 0.2) is 60.7 Å². The molecule has 0 aliphatic carbocycles. The van der Waals surface area contributed by atoms with E-state index in [0.29, 0.717) is 112 Å². The molecule has 0 N–H and O–H groups in total. The summed E-state index contributed by atoms with van der Waals surface area (Å²) >= 11 is 0. The maximum Gasteiger partial charge on any atom is 0.302 e. The van der Waals surface area contributed by atoms with E-state index < -0.39 is 8.32 Å². The summed E-state index contributed by atoms with van der Waals surface area (Å²) in [4.78, 5) is 10.6. The van der Waals surface area contributed by atoms with Crippen LogP contribution in [0.3, 0.4) is 0 Å². The third-order valence-electron chi connectivity index (χ3n) is 7.10. The summed E-state index contributed by atoms with van der Waals surface area (Å²) in [5.41, 5.74) is 0. The first-order valence-electron chi connectivity index (χ1n) is 16.9. The molecule has 12 heteroatoms. The number of carbonyl (C=O) groups excluding carboxylic acids is 1. The van der Waals surface area contributed by atoms with Crippen molar-refractivity contribution in [1.82, 2.24) is 0 Å². The Labute approximate surface area is 288 Å². The van der Waals surface area contributed by atoms with Crippen LogP contribution in [0, 0.1) is 0 Å². The van der Waals surface area contributed by atoms with Crippen LogP contribution in [0.4, 0.5) is 0 Å². The van der Waals surface area contributed by atoms with Crippen LogP contribution >= 0.6 is 0 Å². The Hall–Kier alpha value is -2.23. The van der Waals surface area contributed by atoms with Crippen LogP contribution < -0.4 is 10.4 Å². The van der Waals surface area contributed by atoms with Crippen LogP contribution in [0.5, 0.6) is 0 Å². The van der Waals surface area contributed by atoms with Crippen LogP contribution in [0.1, 0.15) is 27.7 Å². The van der Waals surface area contributed by atoms with Gasteiger partial charge in [-0.05, 0) is 15.4 Å². The van der Waals surface area contributed by atoms with Gasteiger partial charge in [0.1, 0.15) is 6.61 Å². The molecule has 0 atom stereocenters. The van der Waals surface area contributed by atoms with Gasteiger partial charge in [-0.2, -0.15) is 0 Å². The zero-order valence-electron chi connectivity index (χ0n) is 29.5. The molecule has 272 valence electrons. The molecular weight excluding hydrogens is 636 g/mol. The predicted molar refractivity (Wildman–Crippen MR) is 187 cm³/mol. The molecule has 0 heterocycles. The summed E-state index contributed by atoms with van der Waals surface area (Å²) < 4.78 is 55.8. The lowest BCUT2D eigenvalue weighted by Crippen LogP contribution is -2.66. The summed E-state index contributed by atoms with van der Waals surface area (Å²) in [5.74, 6) is -0.310. The second-order valence-electron chi connectivity index (χ2n) is 11.8. The molecule has 0 aliphatic rings. The lowest BCUT2D eigenvalue weighted by molar-refractivity contribution is -0.142. The quantitative estimate of drug-likeness (QED) is 0.0683. The van der Waals surface area contributed by atoms with Gasteiger partial charge < -0.3 is 47.1 Å². The van der Waals surface area contributed by atoms with E-state index in [2.05, 4.69) is 81.4 Å². The van der Waals surface area contributed by atoms with Gasteiger partial charge >= 0.3 is 5.97 Å². The molecule has 0 saturated heterocycles. The average molecular weight is 695 g/mol. The molecule has 48 heavy (non-hydrogen) atoms. The van der Waals surface area contributed by atoms with E-state index in [-0.39, 0.29) is 17.6 Å². The molecule has 0 fully saturated rings. The molecule has 0 saturated carbocycles. The van der Waals surface area contributed by atoms with Crippen molar-refractivity contribution >= 4 is 24.7 Å². The van der Waals surface area contributed by atoms with Crippen molar-refractivity contribution in [2.45, 2.75) is 32.7 Å². The number of rotatable bonds is 30. The van der Waals surface area contributed by atoms with Gasteiger partial charge in [-0.25, -0.2) is 0 Å². The minimum atomic E-state index is -2.54. The van der Waals surface area contributed by atoms with Crippen molar-refractivity contribution in [2.24, 2.45) is 0 Å². The third-order valence-corrected chi connectivity index (χ3v) is 12.1. The smallest absolute Gasteiger partial charge is 0.302 e. The largest absolute Gasteiger partial charge is 0.463 e. The summed E-state index contributed by atoms with van der Waals surface area (Å²) in [6.45, 7) is 16.7. The van der Waals surface area contributed by atoms with Gasteiger partial charge in [0.15, 0.2) is 0 Å². The first-order chi connectivity index (χ1) is 23.4. The highest BCUT2D eigenvalue weighted by atomic mass is 28.4. The number of benzene rings is 2. The first kappa shape index (κ1) is 41.9. The van der Waals surface area contributed by atoms with Crippen molar-refractivity contribution < 1.29 is 51.9 Å². The Morgan fingerprint density at radius 3 is 1.00 bits per heavy atom. The van der Waals surface area contributed by atoms with E-state index >= 15 is 0 Å². The molecule has 11 nitrogen and oxygen atoms in total. The minimum absolute atomic E-state index is 0.0571. The van der Waals surface area contributed by atoms with Crippen molar-refractivity contribution in [3.05, 3.63) is 60.7 Å². The molecule has 0 radical (unpaired) electrons. The van der Waals surface area contributed by atoms with Crippen LogP contribution in [-0.2, 0) is 51.9 Å². The molecule has 0 aliphatic heterocycles. The standard InChI is InChI=1S/C36H58O11Si/c1-33(37)46-31-29-44-27-25-42-23-21-40-19-17-38-15-16-39-18-20-41-22-24-43-26-28-45-30-32-47-48(36(2,3)4,34-11-7-5-8-12-34)35-13-9-6-10-14-35/h5-14H,15-32H2,1-4H3. The number of hydrogen-bond acceptors (Lipinski definition) is 11. The first-order valence-corrected chi connectivity index (χ1v) is 18.8. The van der Waals surface area contributed by atoms with Gasteiger partial charge in [-0.1, -0.05) is 81.4 Å². The maximum atomic E-state index is 10.6. The highest BCUT2D eigenvalue weighted by Crippen LogP contribution is 2.36. The van der Waals surface area contributed by atoms with Gasteiger partial charge in [-0.3, -0.25) is 4.79 Å². The zero-order chi connectivity index (χ0) is 34.6. The van der Waals surface area contributed by atoms with E-state index in [9.17, 15) is 4.79 Å². The molecule has 0 spiro atoms. The third kappa shape index (κ3) is 18.0. The number of hydrogen-bond donors (Lipinski definition) is 0. The SMILES string of the molecule is CC(=O)OCCOCCOCCOCCOCCOCCOCCOCCOCCO[Si](c1ccccc1)(c1ccccc1)C(C)(C)C. The van der Waals surface area contributed by atoms with E-state index in [4.69, 9.17) is 47.1 Å². The number of carbonyl (C=O) groups is 1. The fourth-order valence-corrected chi connectivity index (χ4v) is 9.45. The fourth-order valence-electron chi connectivity index (χ4n) is 4.90. The summed E-state index contributed by atoms with van der Waals surface area (Å²) in [6, 6.07) is 21.3. The lowest BCUT2D eigenvalue weighted by atomic mass is 10.2. The molecule has 0 unspecified atom stereocenters. The Bertz CT molecular complexity index is 998. The van der Waals surface area contributed by atoms with Crippen molar-refractivity contribution in [1.29, 1.82) is 0 Å². The van der Waals surface area contributed by atoms with E-state index in [1.807, 2.05) is 0 Å². The van der Waals surface area contributed by atoms with Gasteiger partial charge in [-0.15, -0.1) is 0 Å². The lowest BCUT2D eigenvalue weighted by Gasteiger charge is -2.43. The average Bonchev–Trinajstić information content (AvgIpc) is 3.08. The van der Waals surface area contributed by atoms with Crippen LogP contribution in [0.25, 0.3) is 0 Å². The molecule has 2 rings (SSSR count). The van der Waals surface area contributed by atoms with Crippen molar-refractivity contribution in [3.8, 4) is 0 Å². The molecule has 2 aromatic rings. The van der Waals surface area contributed by atoms with Crippen LogP contribution in [0.2, 0.25) is 5.04 Å². The Morgan fingerprint density at radius 1 is 0.458 bits per heavy atom. The summed E-state index contributed by atoms with van der Waals surface area (Å²) in [5, 5.41) is 2.47. The zero-order valence-corrected chi connectivity index (χ0v) is 30.5. The van der Waals surface area contributed by atoms with Crippen molar-refractivity contribution in [3.63, 3.8) is 0 Å².